The van der Waals surface area contributed by atoms with Gasteiger partial charge in [0.15, 0.2) is 0 Å². The van der Waals surface area contributed by atoms with E-state index in [4.69, 9.17) is 4.42 Å². The maximum Gasteiger partial charge on any atom is 0.109 e. The van der Waals surface area contributed by atoms with Gasteiger partial charge in [-0.2, -0.15) is 0 Å². The summed E-state index contributed by atoms with van der Waals surface area (Å²) in [4.78, 5) is 0. The van der Waals surface area contributed by atoms with E-state index >= 15 is 0 Å². The third-order valence-electron chi connectivity index (χ3n) is 3.17. The summed E-state index contributed by atoms with van der Waals surface area (Å²) < 4.78 is 5.36. The van der Waals surface area contributed by atoms with Crippen molar-refractivity contribution in [2.24, 2.45) is 0 Å². The zero-order valence-corrected chi connectivity index (χ0v) is 11.2. The van der Waals surface area contributed by atoms with Gasteiger partial charge in [0.05, 0.1) is 12.4 Å². The summed E-state index contributed by atoms with van der Waals surface area (Å²) in [6.07, 6.45) is 2.61. The molecule has 0 bridgehead atoms. The first-order valence-electron chi connectivity index (χ1n) is 6.41. The van der Waals surface area contributed by atoms with Gasteiger partial charge in [0.2, 0.25) is 0 Å². The molecule has 1 aromatic carbocycles. The molecule has 0 radical (unpaired) electrons. The minimum absolute atomic E-state index is 0.486. The van der Waals surface area contributed by atoms with Crippen molar-refractivity contribution in [2.45, 2.75) is 39.7 Å². The smallest absolute Gasteiger partial charge is 0.109 e. The van der Waals surface area contributed by atoms with Crippen molar-refractivity contribution < 1.29 is 9.52 Å². The van der Waals surface area contributed by atoms with Gasteiger partial charge in [0.25, 0.3) is 0 Å². The van der Waals surface area contributed by atoms with Crippen LogP contribution in [-0.4, -0.2) is 5.11 Å². The standard InChI is InChI=1S/C16H20O2/c1-4-16-14(5-6-18-16)15(17)10-13-8-11(2)7-12(3)9-13/h5-9,15,17H,4,10H2,1-3H3. The predicted octanol–water partition coefficient (Wildman–Crippen LogP) is 3.73. The number of aliphatic hydroxyl groups excluding tert-OH is 1. The van der Waals surface area contributed by atoms with E-state index in [0.29, 0.717) is 6.42 Å². The molecule has 1 atom stereocenters. The molecule has 1 heterocycles. The second-order valence-electron chi connectivity index (χ2n) is 4.87. The Balaban J connectivity index is 2.18. The van der Waals surface area contributed by atoms with Crippen LogP contribution >= 0.6 is 0 Å². The summed E-state index contributed by atoms with van der Waals surface area (Å²) in [6, 6.07) is 8.27. The molecular weight excluding hydrogens is 224 g/mol. The molecule has 0 aliphatic carbocycles. The van der Waals surface area contributed by atoms with Gasteiger partial charge in [0.1, 0.15) is 5.76 Å². The number of rotatable bonds is 4. The van der Waals surface area contributed by atoms with E-state index in [-0.39, 0.29) is 0 Å². The van der Waals surface area contributed by atoms with Gasteiger partial charge in [-0.15, -0.1) is 0 Å². The third-order valence-corrected chi connectivity index (χ3v) is 3.17. The van der Waals surface area contributed by atoms with E-state index in [2.05, 4.69) is 32.0 Å². The largest absolute Gasteiger partial charge is 0.469 e. The molecule has 0 saturated carbocycles. The molecule has 0 aliphatic heterocycles. The quantitative estimate of drug-likeness (QED) is 0.889. The third kappa shape index (κ3) is 2.82. The molecule has 1 N–H and O–H groups in total. The Morgan fingerprint density at radius 3 is 2.44 bits per heavy atom. The van der Waals surface area contributed by atoms with Gasteiger partial charge in [-0.3, -0.25) is 0 Å². The van der Waals surface area contributed by atoms with E-state index in [1.165, 1.54) is 16.7 Å². The van der Waals surface area contributed by atoms with E-state index in [0.717, 1.165) is 17.7 Å². The Bertz CT molecular complexity index is 505. The summed E-state index contributed by atoms with van der Waals surface area (Å²) in [5.41, 5.74) is 4.56. The highest BCUT2D eigenvalue weighted by Crippen LogP contribution is 2.24. The fraction of sp³-hybridized carbons (Fsp3) is 0.375. The van der Waals surface area contributed by atoms with E-state index in [1.807, 2.05) is 13.0 Å². The Labute approximate surface area is 108 Å². The lowest BCUT2D eigenvalue weighted by Crippen LogP contribution is -2.03. The Kier molecular flexibility index (Phi) is 3.87. The minimum Gasteiger partial charge on any atom is -0.469 e. The van der Waals surface area contributed by atoms with Crippen LogP contribution in [0.4, 0.5) is 0 Å². The van der Waals surface area contributed by atoms with E-state index < -0.39 is 6.10 Å². The normalized spacial score (nSPS) is 12.7. The minimum atomic E-state index is -0.486. The van der Waals surface area contributed by atoms with Crippen LogP contribution in [0.2, 0.25) is 0 Å². The van der Waals surface area contributed by atoms with Crippen molar-refractivity contribution in [2.75, 3.05) is 0 Å². The molecule has 1 aromatic heterocycles. The summed E-state index contributed by atoms with van der Waals surface area (Å²) in [5.74, 6) is 0.881. The van der Waals surface area contributed by atoms with Gasteiger partial charge in [-0.05, 0) is 25.5 Å². The van der Waals surface area contributed by atoms with Gasteiger partial charge in [-0.25, -0.2) is 0 Å². The molecule has 0 aliphatic rings. The molecule has 2 heteroatoms. The average Bonchev–Trinajstić information content (AvgIpc) is 2.75. The Hall–Kier alpha value is -1.54. The van der Waals surface area contributed by atoms with Crippen LogP contribution in [0, 0.1) is 13.8 Å². The van der Waals surface area contributed by atoms with E-state index in [9.17, 15) is 5.11 Å². The number of furan rings is 1. The molecule has 0 amide bonds. The van der Waals surface area contributed by atoms with Crippen molar-refractivity contribution in [3.63, 3.8) is 0 Å². The summed E-state index contributed by atoms with van der Waals surface area (Å²) in [5, 5.41) is 10.3. The van der Waals surface area contributed by atoms with Crippen LogP contribution in [0.15, 0.2) is 34.9 Å². The van der Waals surface area contributed by atoms with Crippen LogP contribution in [0.5, 0.6) is 0 Å². The second kappa shape index (κ2) is 5.40. The predicted molar refractivity (Wildman–Crippen MR) is 72.7 cm³/mol. The fourth-order valence-electron chi connectivity index (χ4n) is 2.45. The molecule has 2 rings (SSSR count). The number of hydrogen-bond donors (Lipinski definition) is 1. The summed E-state index contributed by atoms with van der Waals surface area (Å²) in [6.45, 7) is 6.20. The van der Waals surface area contributed by atoms with Gasteiger partial charge in [-0.1, -0.05) is 36.2 Å². The SMILES string of the molecule is CCc1occc1C(O)Cc1cc(C)cc(C)c1. The van der Waals surface area contributed by atoms with Gasteiger partial charge in [0, 0.05) is 18.4 Å². The molecule has 2 nitrogen and oxygen atoms in total. The molecule has 96 valence electrons. The first kappa shape index (κ1) is 12.9. The summed E-state index contributed by atoms with van der Waals surface area (Å²) in [7, 11) is 0. The van der Waals surface area contributed by atoms with Crippen LogP contribution < -0.4 is 0 Å². The molecule has 0 spiro atoms. The zero-order valence-electron chi connectivity index (χ0n) is 11.2. The van der Waals surface area contributed by atoms with E-state index in [1.54, 1.807) is 6.26 Å². The van der Waals surface area contributed by atoms with Crippen LogP contribution in [0.25, 0.3) is 0 Å². The number of aryl methyl sites for hydroxylation is 3. The Morgan fingerprint density at radius 1 is 1.17 bits per heavy atom. The highest BCUT2D eigenvalue weighted by atomic mass is 16.3. The van der Waals surface area contributed by atoms with Gasteiger partial charge < -0.3 is 9.52 Å². The van der Waals surface area contributed by atoms with Crippen LogP contribution in [-0.2, 0) is 12.8 Å². The monoisotopic (exact) mass is 244 g/mol. The van der Waals surface area contributed by atoms with Crippen molar-refractivity contribution in [3.8, 4) is 0 Å². The highest BCUT2D eigenvalue weighted by molar-refractivity contribution is 5.30. The zero-order chi connectivity index (χ0) is 13.1. The molecule has 1 unspecified atom stereocenters. The first-order chi connectivity index (χ1) is 8.60. The maximum absolute atomic E-state index is 10.3. The maximum atomic E-state index is 10.3. The lowest BCUT2D eigenvalue weighted by atomic mass is 9.98. The number of benzene rings is 1. The molecule has 0 saturated heterocycles. The molecular formula is C16H20O2. The fourth-order valence-corrected chi connectivity index (χ4v) is 2.45. The lowest BCUT2D eigenvalue weighted by molar-refractivity contribution is 0.176. The number of aliphatic hydroxyl groups is 1. The Morgan fingerprint density at radius 2 is 1.83 bits per heavy atom. The number of hydrogen-bond acceptors (Lipinski definition) is 2. The van der Waals surface area contributed by atoms with Gasteiger partial charge >= 0.3 is 0 Å². The lowest BCUT2D eigenvalue weighted by Gasteiger charge is -2.12. The second-order valence-corrected chi connectivity index (χ2v) is 4.87. The van der Waals surface area contributed by atoms with Crippen LogP contribution in [0.3, 0.4) is 0 Å². The van der Waals surface area contributed by atoms with Crippen molar-refractivity contribution >= 4 is 0 Å². The average molecular weight is 244 g/mol. The topological polar surface area (TPSA) is 33.4 Å². The summed E-state index contributed by atoms with van der Waals surface area (Å²) >= 11 is 0. The van der Waals surface area contributed by atoms with Crippen LogP contribution in [0.1, 0.15) is 41.0 Å². The first-order valence-corrected chi connectivity index (χ1v) is 6.41. The molecule has 2 aromatic rings. The molecule has 0 fully saturated rings. The molecule has 18 heavy (non-hydrogen) atoms. The van der Waals surface area contributed by atoms with Crippen molar-refractivity contribution in [1.29, 1.82) is 0 Å². The van der Waals surface area contributed by atoms with Crippen molar-refractivity contribution in [3.05, 3.63) is 58.5 Å². The highest BCUT2D eigenvalue weighted by Gasteiger charge is 2.15. The van der Waals surface area contributed by atoms with Crippen molar-refractivity contribution in [1.82, 2.24) is 0 Å².